The number of aryl methyl sites for hydroxylation is 1. The molecule has 0 radical (unpaired) electrons. The van der Waals surface area contributed by atoms with Crippen molar-refractivity contribution in [2.45, 2.75) is 70.4 Å². The lowest BCUT2D eigenvalue weighted by molar-refractivity contribution is -0.138. The Morgan fingerprint density at radius 3 is 2.45 bits per heavy atom. The van der Waals surface area contributed by atoms with E-state index < -0.39 is 11.7 Å². The van der Waals surface area contributed by atoms with Gasteiger partial charge in [-0.05, 0) is 62.8 Å². The molecule has 1 aliphatic carbocycles. The molecule has 8 nitrogen and oxygen atoms in total. The second-order valence-corrected chi connectivity index (χ2v) is 10.9. The normalized spacial score (nSPS) is 20.2. The fourth-order valence-corrected chi connectivity index (χ4v) is 6.12. The van der Waals surface area contributed by atoms with E-state index >= 15 is 0 Å². The number of hydrogen-bond donors (Lipinski definition) is 0. The van der Waals surface area contributed by atoms with Crippen LogP contribution in [0.5, 0.6) is 5.88 Å². The number of methoxy groups -OCH3 is 1. The molecule has 2 aromatic heterocycles. The van der Waals surface area contributed by atoms with E-state index in [-0.39, 0.29) is 36.3 Å². The molecular formula is C29H33F3N6O2. The fraction of sp³-hybridized carbons (Fsp3) is 0.483. The molecule has 1 atom stereocenters. The zero-order valence-corrected chi connectivity index (χ0v) is 22.9. The summed E-state index contributed by atoms with van der Waals surface area (Å²) in [6.45, 7) is 5.22. The van der Waals surface area contributed by atoms with Gasteiger partial charge in [-0.3, -0.25) is 9.58 Å². The Labute approximate surface area is 231 Å². The molecule has 2 fully saturated rings. The molecule has 6 rings (SSSR count). The van der Waals surface area contributed by atoms with Crippen molar-refractivity contribution in [1.82, 2.24) is 19.7 Å². The first-order valence-electron chi connectivity index (χ1n) is 13.8. The van der Waals surface area contributed by atoms with E-state index in [0.29, 0.717) is 37.5 Å². The van der Waals surface area contributed by atoms with Gasteiger partial charge in [0.1, 0.15) is 11.4 Å². The fourth-order valence-electron chi connectivity index (χ4n) is 6.12. The molecule has 2 aliphatic heterocycles. The number of fused-ring (bicyclic) bond motifs is 1. The second-order valence-electron chi connectivity index (χ2n) is 10.9. The van der Waals surface area contributed by atoms with Crippen LogP contribution in [-0.4, -0.2) is 51.9 Å². The molecule has 3 aromatic rings. The van der Waals surface area contributed by atoms with Crippen molar-refractivity contribution in [2.24, 2.45) is 0 Å². The van der Waals surface area contributed by atoms with Gasteiger partial charge < -0.3 is 14.5 Å². The van der Waals surface area contributed by atoms with Gasteiger partial charge in [0.25, 0.3) is 0 Å². The van der Waals surface area contributed by atoms with E-state index in [2.05, 4.69) is 9.88 Å². The van der Waals surface area contributed by atoms with E-state index in [1.165, 1.54) is 17.0 Å². The number of pyridine rings is 1. The summed E-state index contributed by atoms with van der Waals surface area (Å²) in [7, 11) is 1.61. The van der Waals surface area contributed by atoms with Crippen molar-refractivity contribution in [2.75, 3.05) is 30.0 Å². The summed E-state index contributed by atoms with van der Waals surface area (Å²) >= 11 is 0. The monoisotopic (exact) mass is 554 g/mol. The quantitative estimate of drug-likeness (QED) is 0.367. The van der Waals surface area contributed by atoms with Crippen molar-refractivity contribution in [1.29, 1.82) is 0 Å². The van der Waals surface area contributed by atoms with Gasteiger partial charge in [0.15, 0.2) is 0 Å². The predicted octanol–water partition coefficient (Wildman–Crippen LogP) is 6.12. The number of piperidine rings is 1. The van der Waals surface area contributed by atoms with Crippen LogP contribution in [0.2, 0.25) is 0 Å². The maximum atomic E-state index is 14.2. The molecule has 0 unspecified atom stereocenters. The lowest BCUT2D eigenvalue weighted by Crippen LogP contribution is -2.55. The molecule has 0 spiro atoms. The molecular weight excluding hydrogens is 521 g/mol. The number of rotatable bonds is 6. The molecule has 0 N–H and O–H groups in total. The molecule has 4 heterocycles. The molecule has 3 aliphatic rings. The van der Waals surface area contributed by atoms with Crippen LogP contribution >= 0.6 is 0 Å². The summed E-state index contributed by atoms with van der Waals surface area (Å²) in [5, 5.41) is 4.86. The van der Waals surface area contributed by atoms with E-state index in [9.17, 15) is 18.0 Å². The number of urea groups is 1. The number of ether oxygens (including phenoxy) is 1. The van der Waals surface area contributed by atoms with Gasteiger partial charge >= 0.3 is 12.2 Å². The first kappa shape index (κ1) is 26.5. The second kappa shape index (κ2) is 10.0. The lowest BCUT2D eigenvalue weighted by Gasteiger charge is -2.46. The van der Waals surface area contributed by atoms with Gasteiger partial charge in [-0.1, -0.05) is 18.2 Å². The smallest absolute Gasteiger partial charge is 0.416 e. The standard InChI is InChI=1S/C29H33F3N6O2/c1-18-10-13-33-27(40-3)26(18)35-14-11-22(12-15-35)38-19(2)25-24(17-37(34-25)21-8-9-21)36(28(38)39)16-20-6-4-5-7-23(20)29(30,31)32/h4-7,10,13,17,19,21-22H,8-9,11-12,14-16H2,1-3H3/t19-/m1/s1. The van der Waals surface area contributed by atoms with Crippen LogP contribution in [0.25, 0.3) is 0 Å². The first-order chi connectivity index (χ1) is 19.2. The number of halogens is 3. The zero-order chi connectivity index (χ0) is 28.2. The number of anilines is 2. The third-order valence-corrected chi connectivity index (χ3v) is 8.33. The number of hydrogen-bond acceptors (Lipinski definition) is 5. The highest BCUT2D eigenvalue weighted by Gasteiger charge is 2.44. The predicted molar refractivity (Wildman–Crippen MR) is 145 cm³/mol. The van der Waals surface area contributed by atoms with Crippen LogP contribution in [0.15, 0.2) is 42.7 Å². The summed E-state index contributed by atoms with van der Waals surface area (Å²) in [6.07, 6.45) is 2.50. The molecule has 2 amide bonds. The van der Waals surface area contributed by atoms with Crippen molar-refractivity contribution in [3.8, 4) is 5.88 Å². The average molecular weight is 555 g/mol. The average Bonchev–Trinajstić information content (AvgIpc) is 3.69. The Morgan fingerprint density at radius 2 is 1.77 bits per heavy atom. The number of aromatic nitrogens is 3. The van der Waals surface area contributed by atoms with E-state index in [1.54, 1.807) is 19.4 Å². The number of benzene rings is 1. The molecule has 1 saturated carbocycles. The Bertz CT molecular complexity index is 1410. The van der Waals surface area contributed by atoms with Gasteiger partial charge in [0.2, 0.25) is 5.88 Å². The van der Waals surface area contributed by atoms with Crippen molar-refractivity contribution < 1.29 is 22.7 Å². The summed E-state index contributed by atoms with van der Waals surface area (Å²) in [5.74, 6) is 0.575. The van der Waals surface area contributed by atoms with Gasteiger partial charge in [0.05, 0.1) is 37.0 Å². The third kappa shape index (κ3) is 4.65. The Morgan fingerprint density at radius 1 is 1.05 bits per heavy atom. The number of alkyl halides is 3. The largest absolute Gasteiger partial charge is 0.480 e. The number of nitrogens with zero attached hydrogens (tertiary/aromatic N) is 6. The maximum absolute atomic E-state index is 14.2. The summed E-state index contributed by atoms with van der Waals surface area (Å²) in [4.78, 5) is 24.1. The van der Waals surface area contributed by atoms with Gasteiger partial charge in [-0.2, -0.15) is 18.3 Å². The zero-order valence-electron chi connectivity index (χ0n) is 22.9. The highest BCUT2D eigenvalue weighted by molar-refractivity contribution is 5.95. The van der Waals surface area contributed by atoms with Gasteiger partial charge in [0, 0.05) is 31.5 Å². The minimum absolute atomic E-state index is 0.0666. The van der Waals surface area contributed by atoms with Crippen molar-refractivity contribution >= 4 is 17.4 Å². The van der Waals surface area contributed by atoms with Crippen LogP contribution in [0, 0.1) is 6.92 Å². The Balaban J connectivity index is 1.30. The van der Waals surface area contributed by atoms with Crippen LogP contribution in [0.4, 0.5) is 29.3 Å². The van der Waals surface area contributed by atoms with Crippen LogP contribution in [0.3, 0.4) is 0 Å². The highest BCUT2D eigenvalue weighted by atomic mass is 19.4. The molecule has 0 bridgehead atoms. The summed E-state index contributed by atoms with van der Waals surface area (Å²) < 4.78 is 49.0. The molecule has 1 saturated heterocycles. The minimum atomic E-state index is -4.51. The number of amides is 2. The first-order valence-corrected chi connectivity index (χ1v) is 13.8. The van der Waals surface area contributed by atoms with Crippen molar-refractivity contribution in [3.63, 3.8) is 0 Å². The Hall–Kier alpha value is -3.76. The summed E-state index contributed by atoms with van der Waals surface area (Å²) in [6, 6.07) is 7.07. The third-order valence-electron chi connectivity index (χ3n) is 8.33. The molecule has 11 heteroatoms. The van der Waals surface area contributed by atoms with Crippen LogP contribution in [0.1, 0.15) is 67.1 Å². The number of carbonyl (C=O) groups is 1. The lowest BCUT2D eigenvalue weighted by atomic mass is 9.97. The summed E-state index contributed by atoms with van der Waals surface area (Å²) in [5.41, 5.74) is 2.71. The highest BCUT2D eigenvalue weighted by Crippen LogP contribution is 2.44. The van der Waals surface area contributed by atoms with Gasteiger partial charge in [-0.15, -0.1) is 0 Å². The van der Waals surface area contributed by atoms with Crippen molar-refractivity contribution in [3.05, 3.63) is 65.1 Å². The van der Waals surface area contributed by atoms with Crippen LogP contribution in [-0.2, 0) is 12.7 Å². The molecule has 212 valence electrons. The van der Waals surface area contributed by atoms with Gasteiger partial charge in [-0.25, -0.2) is 9.78 Å². The Kier molecular flexibility index (Phi) is 6.62. The van der Waals surface area contributed by atoms with E-state index in [0.717, 1.165) is 35.9 Å². The van der Waals surface area contributed by atoms with E-state index in [4.69, 9.17) is 9.84 Å². The SMILES string of the molecule is COc1nccc(C)c1N1CCC(N2C(=O)N(Cc3ccccc3C(F)(F)F)c3cn(C4CC4)nc3[C@H]2C)CC1. The molecule has 1 aromatic carbocycles. The van der Waals surface area contributed by atoms with E-state index in [1.807, 2.05) is 35.7 Å². The number of carbonyl (C=O) groups excluding carboxylic acids is 1. The van der Waals surface area contributed by atoms with Crippen LogP contribution < -0.4 is 14.5 Å². The topological polar surface area (TPSA) is 66.7 Å². The maximum Gasteiger partial charge on any atom is 0.416 e. The molecule has 40 heavy (non-hydrogen) atoms. The minimum Gasteiger partial charge on any atom is -0.480 e.